The zero-order valence-corrected chi connectivity index (χ0v) is 18.4. The Hall–Kier alpha value is -0.830. The van der Waals surface area contributed by atoms with E-state index in [1.807, 2.05) is 4.68 Å². The number of rotatable bonds is 7. The van der Waals surface area contributed by atoms with Crippen LogP contribution < -0.4 is 10.6 Å². The lowest BCUT2D eigenvalue weighted by Crippen LogP contribution is -2.44. The third-order valence-electron chi connectivity index (χ3n) is 4.72. The quantitative estimate of drug-likeness (QED) is 0.371. The van der Waals surface area contributed by atoms with Gasteiger partial charge in [0.05, 0.1) is 25.4 Å². The largest absolute Gasteiger partial charge is 0.383 e. The number of methoxy groups -OCH3 is 1. The molecule has 25 heavy (non-hydrogen) atoms. The molecule has 0 radical (unpaired) electrons. The van der Waals surface area contributed by atoms with Crippen molar-refractivity contribution >= 4 is 29.9 Å². The molecule has 0 amide bonds. The molecule has 1 heterocycles. The first-order chi connectivity index (χ1) is 11.7. The van der Waals surface area contributed by atoms with Gasteiger partial charge in [-0.25, -0.2) is 4.99 Å². The number of guanidine groups is 1. The maximum atomic E-state index is 5.16. The fraction of sp³-hybridized carbons (Fsp3) is 0.778. The Balaban J connectivity index is 0.00000312. The van der Waals surface area contributed by atoms with E-state index in [4.69, 9.17) is 9.73 Å². The van der Waals surface area contributed by atoms with Crippen molar-refractivity contribution in [2.24, 2.45) is 4.99 Å². The van der Waals surface area contributed by atoms with Gasteiger partial charge in [0.2, 0.25) is 0 Å². The van der Waals surface area contributed by atoms with Crippen LogP contribution in [-0.2, 0) is 17.8 Å². The molecule has 6 nitrogen and oxygen atoms in total. The van der Waals surface area contributed by atoms with E-state index in [2.05, 4.69) is 36.5 Å². The molecule has 0 aromatic carbocycles. The number of aromatic nitrogens is 2. The van der Waals surface area contributed by atoms with Crippen molar-refractivity contribution in [2.75, 3.05) is 20.3 Å². The van der Waals surface area contributed by atoms with E-state index in [9.17, 15) is 0 Å². The summed E-state index contributed by atoms with van der Waals surface area (Å²) >= 11 is 0. The summed E-state index contributed by atoms with van der Waals surface area (Å²) in [5.74, 6) is 0.924. The van der Waals surface area contributed by atoms with Crippen molar-refractivity contribution in [3.05, 3.63) is 17.0 Å². The summed E-state index contributed by atoms with van der Waals surface area (Å²) < 4.78 is 7.18. The first-order valence-corrected chi connectivity index (χ1v) is 9.22. The molecular formula is C18H34IN5O. The summed E-state index contributed by atoms with van der Waals surface area (Å²) in [5.41, 5.74) is 3.45. The minimum absolute atomic E-state index is 0. The second-order valence-electron chi connectivity index (χ2n) is 6.54. The van der Waals surface area contributed by atoms with Crippen LogP contribution in [0.3, 0.4) is 0 Å². The molecule has 1 fully saturated rings. The normalized spacial score (nSPS) is 15.8. The van der Waals surface area contributed by atoms with Gasteiger partial charge in [-0.15, -0.1) is 24.0 Å². The molecule has 0 atom stereocenters. The summed E-state index contributed by atoms with van der Waals surface area (Å²) in [7, 11) is 1.72. The Bertz CT molecular complexity index is 538. The van der Waals surface area contributed by atoms with E-state index in [0.29, 0.717) is 19.2 Å². The number of nitrogens with zero attached hydrogens (tertiary/aromatic N) is 3. The monoisotopic (exact) mass is 463 g/mol. The number of halogens is 1. The van der Waals surface area contributed by atoms with Crippen LogP contribution in [0.15, 0.2) is 4.99 Å². The average Bonchev–Trinajstić information content (AvgIpc) is 2.85. The van der Waals surface area contributed by atoms with E-state index < -0.39 is 0 Å². The molecule has 1 aliphatic rings. The number of aryl methyl sites for hydroxylation is 1. The van der Waals surface area contributed by atoms with Gasteiger partial charge in [0, 0.05) is 31.0 Å². The van der Waals surface area contributed by atoms with Crippen molar-refractivity contribution < 1.29 is 4.74 Å². The standard InChI is InChI=1S/C18H33N5O.HI/c1-5-19-18(21-16-9-7-6-8-10-16)20-13-17-14(2)22-23(15(17)3)11-12-24-4;/h16H,5-13H2,1-4H3,(H2,19,20,21);1H. The van der Waals surface area contributed by atoms with Crippen LogP contribution in [0.1, 0.15) is 56.0 Å². The Morgan fingerprint density at radius 2 is 2.00 bits per heavy atom. The fourth-order valence-electron chi connectivity index (χ4n) is 3.28. The second kappa shape index (κ2) is 11.7. The van der Waals surface area contributed by atoms with E-state index in [0.717, 1.165) is 24.7 Å². The topological polar surface area (TPSA) is 63.5 Å². The third-order valence-corrected chi connectivity index (χ3v) is 4.72. The molecular weight excluding hydrogens is 429 g/mol. The number of nitrogens with one attached hydrogen (secondary N) is 2. The lowest BCUT2D eigenvalue weighted by Gasteiger charge is -2.24. The summed E-state index contributed by atoms with van der Waals surface area (Å²) in [6.45, 7) is 9.28. The maximum absolute atomic E-state index is 5.16. The highest BCUT2D eigenvalue weighted by atomic mass is 127. The van der Waals surface area contributed by atoms with Crippen molar-refractivity contribution in [1.82, 2.24) is 20.4 Å². The minimum Gasteiger partial charge on any atom is -0.383 e. The molecule has 2 rings (SSSR count). The van der Waals surface area contributed by atoms with Gasteiger partial charge in [0.15, 0.2) is 5.96 Å². The molecule has 7 heteroatoms. The van der Waals surface area contributed by atoms with E-state index >= 15 is 0 Å². The zero-order valence-electron chi connectivity index (χ0n) is 16.1. The molecule has 1 saturated carbocycles. The Morgan fingerprint density at radius 1 is 1.28 bits per heavy atom. The van der Waals surface area contributed by atoms with Crippen LogP contribution in [0.5, 0.6) is 0 Å². The number of aliphatic imine (C=N–C) groups is 1. The maximum Gasteiger partial charge on any atom is 0.191 e. The van der Waals surface area contributed by atoms with Gasteiger partial charge in [-0.2, -0.15) is 5.10 Å². The van der Waals surface area contributed by atoms with Crippen molar-refractivity contribution in [3.63, 3.8) is 0 Å². The predicted octanol–water partition coefficient (Wildman–Crippen LogP) is 3.15. The van der Waals surface area contributed by atoms with Crippen LogP contribution in [0.4, 0.5) is 0 Å². The molecule has 0 spiro atoms. The molecule has 1 aliphatic carbocycles. The van der Waals surface area contributed by atoms with E-state index in [1.54, 1.807) is 7.11 Å². The lowest BCUT2D eigenvalue weighted by molar-refractivity contribution is 0.182. The van der Waals surface area contributed by atoms with Gasteiger partial charge < -0.3 is 15.4 Å². The number of hydrogen-bond acceptors (Lipinski definition) is 3. The first-order valence-electron chi connectivity index (χ1n) is 9.22. The molecule has 2 N–H and O–H groups in total. The highest BCUT2D eigenvalue weighted by Crippen LogP contribution is 2.18. The van der Waals surface area contributed by atoms with Gasteiger partial charge in [-0.3, -0.25) is 4.68 Å². The molecule has 0 aliphatic heterocycles. The van der Waals surface area contributed by atoms with Gasteiger partial charge in [0.25, 0.3) is 0 Å². The molecule has 1 aromatic heterocycles. The lowest BCUT2D eigenvalue weighted by atomic mass is 9.96. The molecule has 144 valence electrons. The summed E-state index contributed by atoms with van der Waals surface area (Å²) in [6.07, 6.45) is 6.50. The third kappa shape index (κ3) is 6.77. The van der Waals surface area contributed by atoms with Crippen molar-refractivity contribution in [3.8, 4) is 0 Å². The fourth-order valence-corrected chi connectivity index (χ4v) is 3.28. The first kappa shape index (κ1) is 22.2. The SMILES string of the molecule is CCNC(=NCc1c(C)nn(CCOC)c1C)NC1CCCCC1.I. The zero-order chi connectivity index (χ0) is 17.4. The van der Waals surface area contributed by atoms with Crippen molar-refractivity contribution in [1.29, 1.82) is 0 Å². The Morgan fingerprint density at radius 3 is 2.64 bits per heavy atom. The summed E-state index contributed by atoms with van der Waals surface area (Å²) in [6, 6.07) is 0.558. The molecule has 0 bridgehead atoms. The molecule has 0 unspecified atom stereocenters. The van der Waals surface area contributed by atoms with E-state index in [1.165, 1.54) is 43.4 Å². The van der Waals surface area contributed by atoms with Crippen LogP contribution in [0.25, 0.3) is 0 Å². The van der Waals surface area contributed by atoms with Crippen molar-refractivity contribution in [2.45, 2.75) is 72.0 Å². The molecule has 1 aromatic rings. The molecule has 0 saturated heterocycles. The van der Waals surface area contributed by atoms with Crippen LogP contribution in [0.2, 0.25) is 0 Å². The highest BCUT2D eigenvalue weighted by Gasteiger charge is 2.15. The van der Waals surface area contributed by atoms with Crippen LogP contribution >= 0.6 is 24.0 Å². The van der Waals surface area contributed by atoms with Gasteiger partial charge >= 0.3 is 0 Å². The van der Waals surface area contributed by atoms with Gasteiger partial charge in [-0.1, -0.05) is 19.3 Å². The summed E-state index contributed by atoms with van der Waals surface area (Å²) in [5, 5.41) is 11.6. The average molecular weight is 463 g/mol. The highest BCUT2D eigenvalue weighted by molar-refractivity contribution is 14.0. The Labute approximate surface area is 169 Å². The van der Waals surface area contributed by atoms with E-state index in [-0.39, 0.29) is 24.0 Å². The van der Waals surface area contributed by atoms with Gasteiger partial charge in [-0.05, 0) is 33.6 Å². The predicted molar refractivity (Wildman–Crippen MR) is 114 cm³/mol. The van der Waals surface area contributed by atoms with Gasteiger partial charge in [0.1, 0.15) is 0 Å². The Kier molecular flexibility index (Phi) is 10.4. The minimum atomic E-state index is 0. The number of ether oxygens (including phenoxy) is 1. The summed E-state index contributed by atoms with van der Waals surface area (Å²) in [4.78, 5) is 4.80. The van der Waals surface area contributed by atoms with Crippen LogP contribution in [0, 0.1) is 13.8 Å². The van der Waals surface area contributed by atoms with Crippen LogP contribution in [-0.4, -0.2) is 42.0 Å². The number of hydrogen-bond donors (Lipinski definition) is 2. The second-order valence-corrected chi connectivity index (χ2v) is 6.54. The smallest absolute Gasteiger partial charge is 0.191 e.